The molecule has 0 aromatic rings. The Morgan fingerprint density at radius 2 is 1.86 bits per heavy atom. The lowest BCUT2D eigenvalue weighted by molar-refractivity contribution is 0.608. The minimum Gasteiger partial charge on any atom is -0.224 e. The minimum atomic E-state index is -3.05. The van der Waals surface area contributed by atoms with E-state index in [-0.39, 0.29) is 0 Å². The third kappa shape index (κ3) is 4.42. The summed E-state index contributed by atoms with van der Waals surface area (Å²) in [6.07, 6.45) is 9.22. The molecule has 80 valence electrons. The van der Waals surface area contributed by atoms with E-state index < -0.39 is 9.84 Å². The molecule has 14 heavy (non-hydrogen) atoms. The fraction of sp³-hybridized carbons (Fsp3) is 0.455. The van der Waals surface area contributed by atoms with E-state index in [2.05, 4.69) is 0 Å². The molecule has 0 amide bonds. The van der Waals surface area contributed by atoms with Gasteiger partial charge in [-0.25, -0.2) is 8.42 Å². The molecular weight excluding hydrogens is 196 g/mol. The van der Waals surface area contributed by atoms with Gasteiger partial charge in [0, 0.05) is 6.26 Å². The molecule has 0 radical (unpaired) electrons. The summed E-state index contributed by atoms with van der Waals surface area (Å²) in [5, 5.41) is 0. The molecule has 0 aliphatic heterocycles. The van der Waals surface area contributed by atoms with Gasteiger partial charge in [-0.1, -0.05) is 31.6 Å². The second-order valence-corrected chi connectivity index (χ2v) is 4.92. The molecule has 0 atom stereocenters. The Morgan fingerprint density at radius 3 is 2.36 bits per heavy atom. The van der Waals surface area contributed by atoms with Crippen LogP contribution in [-0.2, 0) is 9.84 Å². The van der Waals surface area contributed by atoms with E-state index in [0.717, 1.165) is 12.0 Å². The van der Waals surface area contributed by atoms with Crippen LogP contribution in [-0.4, -0.2) is 14.7 Å². The zero-order chi connectivity index (χ0) is 11.2. The van der Waals surface area contributed by atoms with E-state index in [4.69, 9.17) is 0 Å². The lowest BCUT2D eigenvalue weighted by atomic mass is 10.2. The normalized spacial score (nSPS) is 16.0. The Labute approximate surface area is 86.9 Å². The molecule has 1 aliphatic carbocycles. The highest BCUT2D eigenvalue weighted by atomic mass is 32.2. The quantitative estimate of drug-likeness (QED) is 0.672. The zero-order valence-corrected chi connectivity index (χ0v) is 10.1. The molecule has 0 aromatic heterocycles. The summed E-state index contributed by atoms with van der Waals surface area (Å²) in [5.41, 5.74) is 1.00. The minimum absolute atomic E-state index is 0.397. The van der Waals surface area contributed by atoms with Crippen LogP contribution in [0.5, 0.6) is 0 Å². The maximum atomic E-state index is 11.1. The summed E-state index contributed by atoms with van der Waals surface area (Å²) in [5.74, 6) is 0. The molecule has 0 bridgehead atoms. The topological polar surface area (TPSA) is 34.1 Å². The summed E-state index contributed by atoms with van der Waals surface area (Å²) in [4.78, 5) is 0.397. The number of rotatable bonds is 1. The molecule has 0 N–H and O–H groups in total. The van der Waals surface area contributed by atoms with Crippen molar-refractivity contribution in [2.45, 2.75) is 27.2 Å². The third-order valence-corrected chi connectivity index (χ3v) is 2.77. The van der Waals surface area contributed by atoms with E-state index in [1.54, 1.807) is 12.2 Å². The Bertz CT molecular complexity index is 357. The average molecular weight is 214 g/mol. The number of sulfone groups is 1. The standard InChI is InChI=1S/C9H12O2S.C2H6/c1-8-5-3-4-6-9(7-8)12(2,10)11;1-2/h4-7H,3H2,1-2H3;1-2H3. The molecule has 0 aromatic carbocycles. The first-order valence-corrected chi connectivity index (χ1v) is 6.64. The van der Waals surface area contributed by atoms with Crippen LogP contribution in [0.3, 0.4) is 0 Å². The third-order valence-electron chi connectivity index (χ3n) is 1.66. The van der Waals surface area contributed by atoms with Crippen LogP contribution in [0.15, 0.2) is 34.8 Å². The van der Waals surface area contributed by atoms with Crippen LogP contribution in [0.25, 0.3) is 0 Å². The molecule has 3 heteroatoms. The van der Waals surface area contributed by atoms with E-state index in [1.807, 2.05) is 32.9 Å². The van der Waals surface area contributed by atoms with Gasteiger partial charge in [0.25, 0.3) is 0 Å². The van der Waals surface area contributed by atoms with Crippen molar-refractivity contribution in [3.8, 4) is 0 Å². The maximum absolute atomic E-state index is 11.1. The van der Waals surface area contributed by atoms with Crippen molar-refractivity contribution in [1.82, 2.24) is 0 Å². The van der Waals surface area contributed by atoms with Crippen molar-refractivity contribution in [3.05, 3.63) is 34.8 Å². The second kappa shape index (κ2) is 5.81. The van der Waals surface area contributed by atoms with Gasteiger partial charge in [-0.3, -0.25) is 0 Å². The summed E-state index contributed by atoms with van der Waals surface area (Å²) < 4.78 is 22.3. The summed E-state index contributed by atoms with van der Waals surface area (Å²) >= 11 is 0. The Kier molecular flexibility index (Phi) is 5.46. The van der Waals surface area contributed by atoms with Gasteiger partial charge < -0.3 is 0 Å². The molecule has 0 heterocycles. The molecule has 0 saturated heterocycles. The van der Waals surface area contributed by atoms with Crippen LogP contribution >= 0.6 is 0 Å². The van der Waals surface area contributed by atoms with Crippen molar-refractivity contribution >= 4 is 9.84 Å². The van der Waals surface area contributed by atoms with Crippen molar-refractivity contribution in [2.24, 2.45) is 0 Å². The maximum Gasteiger partial charge on any atom is 0.175 e. The van der Waals surface area contributed by atoms with Gasteiger partial charge in [-0.15, -0.1) is 0 Å². The molecule has 0 spiro atoms. The first-order chi connectivity index (χ1) is 6.50. The van der Waals surface area contributed by atoms with Gasteiger partial charge in [0.05, 0.1) is 4.91 Å². The van der Waals surface area contributed by atoms with Gasteiger partial charge >= 0.3 is 0 Å². The lowest BCUT2D eigenvalue weighted by Gasteiger charge is -1.96. The van der Waals surface area contributed by atoms with E-state index in [9.17, 15) is 8.42 Å². The first-order valence-electron chi connectivity index (χ1n) is 4.75. The molecule has 1 aliphatic rings. The highest BCUT2D eigenvalue weighted by Crippen LogP contribution is 2.14. The van der Waals surface area contributed by atoms with Crippen molar-refractivity contribution in [2.75, 3.05) is 6.26 Å². The predicted octanol–water partition coefficient (Wildman–Crippen LogP) is 2.85. The molecule has 1 rings (SSSR count). The largest absolute Gasteiger partial charge is 0.224 e. The van der Waals surface area contributed by atoms with E-state index >= 15 is 0 Å². The fourth-order valence-corrected chi connectivity index (χ4v) is 1.74. The highest BCUT2D eigenvalue weighted by Gasteiger charge is 2.08. The summed E-state index contributed by atoms with van der Waals surface area (Å²) in [7, 11) is -3.05. The van der Waals surface area contributed by atoms with Crippen LogP contribution in [0.2, 0.25) is 0 Å². The molecule has 2 nitrogen and oxygen atoms in total. The van der Waals surface area contributed by atoms with E-state index in [1.165, 1.54) is 6.26 Å². The molecule has 0 saturated carbocycles. The summed E-state index contributed by atoms with van der Waals surface area (Å²) in [6, 6.07) is 0. The lowest BCUT2D eigenvalue weighted by Crippen LogP contribution is -1.97. The zero-order valence-electron chi connectivity index (χ0n) is 9.24. The monoisotopic (exact) mass is 214 g/mol. The number of hydrogen-bond acceptors (Lipinski definition) is 2. The van der Waals surface area contributed by atoms with Crippen LogP contribution in [0.4, 0.5) is 0 Å². The van der Waals surface area contributed by atoms with Crippen molar-refractivity contribution in [1.29, 1.82) is 0 Å². The van der Waals surface area contributed by atoms with Crippen molar-refractivity contribution in [3.63, 3.8) is 0 Å². The Hall–Kier alpha value is -0.830. The van der Waals surface area contributed by atoms with Crippen LogP contribution in [0.1, 0.15) is 27.2 Å². The fourth-order valence-electron chi connectivity index (χ4n) is 1.00. The number of hydrogen-bond donors (Lipinski definition) is 0. The second-order valence-electron chi connectivity index (χ2n) is 2.91. The van der Waals surface area contributed by atoms with Gasteiger partial charge in [-0.2, -0.15) is 0 Å². The molecular formula is C11H18O2S. The molecule has 0 unspecified atom stereocenters. The first kappa shape index (κ1) is 13.2. The predicted molar refractivity (Wildman–Crippen MR) is 61.8 cm³/mol. The number of allylic oxidation sites excluding steroid dienone is 5. The van der Waals surface area contributed by atoms with Gasteiger partial charge in [0.2, 0.25) is 0 Å². The van der Waals surface area contributed by atoms with Gasteiger partial charge in [-0.05, 0) is 25.5 Å². The van der Waals surface area contributed by atoms with Crippen LogP contribution < -0.4 is 0 Å². The SMILES string of the molecule is CC.CC1=CCC=CC(S(C)(=O)=O)=C1. The van der Waals surface area contributed by atoms with Gasteiger partial charge in [0.1, 0.15) is 0 Å². The summed E-state index contributed by atoms with van der Waals surface area (Å²) in [6.45, 7) is 5.90. The molecule has 0 fully saturated rings. The van der Waals surface area contributed by atoms with Crippen LogP contribution in [0, 0.1) is 0 Å². The Morgan fingerprint density at radius 1 is 1.29 bits per heavy atom. The Balaban J connectivity index is 0.000000791. The smallest absolute Gasteiger partial charge is 0.175 e. The average Bonchev–Trinajstić information content (AvgIpc) is 2.32. The van der Waals surface area contributed by atoms with Crippen molar-refractivity contribution < 1.29 is 8.42 Å². The van der Waals surface area contributed by atoms with E-state index in [0.29, 0.717) is 4.91 Å². The van der Waals surface area contributed by atoms with Gasteiger partial charge in [0.15, 0.2) is 9.84 Å². The highest BCUT2D eigenvalue weighted by molar-refractivity contribution is 7.94.